The van der Waals surface area contributed by atoms with Crippen LogP contribution >= 0.6 is 23.5 Å². The van der Waals surface area contributed by atoms with E-state index in [0.29, 0.717) is 37.0 Å². The van der Waals surface area contributed by atoms with Gasteiger partial charge in [-0.2, -0.15) is 0 Å². The number of anilines is 1. The fourth-order valence-electron chi connectivity index (χ4n) is 4.16. The van der Waals surface area contributed by atoms with Crippen LogP contribution in [-0.2, 0) is 16.1 Å². The summed E-state index contributed by atoms with van der Waals surface area (Å²) in [6, 6.07) is 16.9. The molecule has 0 radical (unpaired) electrons. The third-order valence-electron chi connectivity index (χ3n) is 5.88. The molecule has 7 nitrogen and oxygen atoms in total. The molecule has 178 valence electrons. The smallest absolute Gasteiger partial charge is 0.234 e. The molecular formula is C24H26FN5O2S2. The molecule has 34 heavy (non-hydrogen) atoms. The van der Waals surface area contributed by atoms with Crippen molar-refractivity contribution >= 4 is 35.4 Å². The topological polar surface area (TPSA) is 63.5 Å². The summed E-state index contributed by atoms with van der Waals surface area (Å²) >= 11 is 2.98. The summed E-state index contributed by atoms with van der Waals surface area (Å²) in [7, 11) is 0. The van der Waals surface area contributed by atoms with Gasteiger partial charge in [-0.05, 0) is 11.6 Å². The van der Waals surface area contributed by atoms with E-state index in [1.54, 1.807) is 28.8 Å². The Balaban J connectivity index is 1.33. The van der Waals surface area contributed by atoms with Crippen LogP contribution in [0.15, 0.2) is 59.8 Å². The van der Waals surface area contributed by atoms with Crippen LogP contribution in [0.2, 0.25) is 0 Å². The van der Waals surface area contributed by atoms with E-state index in [1.165, 1.54) is 17.8 Å². The summed E-state index contributed by atoms with van der Waals surface area (Å²) in [4.78, 5) is 17.1. The quantitative estimate of drug-likeness (QED) is 0.460. The molecule has 1 amide bonds. The fourth-order valence-corrected chi connectivity index (χ4v) is 6.28. The van der Waals surface area contributed by atoms with E-state index in [0.717, 1.165) is 30.4 Å². The second-order valence-electron chi connectivity index (χ2n) is 8.07. The molecule has 0 bridgehead atoms. The number of halogens is 1. The maximum Gasteiger partial charge on any atom is 0.234 e. The molecule has 1 unspecified atom stereocenters. The van der Waals surface area contributed by atoms with Crippen molar-refractivity contribution in [3.8, 4) is 0 Å². The maximum absolute atomic E-state index is 14.4. The van der Waals surface area contributed by atoms with Crippen molar-refractivity contribution in [1.29, 1.82) is 0 Å². The minimum absolute atomic E-state index is 0.0227. The van der Waals surface area contributed by atoms with E-state index in [4.69, 9.17) is 4.74 Å². The van der Waals surface area contributed by atoms with Gasteiger partial charge in [0.25, 0.3) is 0 Å². The molecule has 0 N–H and O–H groups in total. The van der Waals surface area contributed by atoms with Gasteiger partial charge < -0.3 is 14.5 Å². The fraction of sp³-hybridized carbons (Fsp3) is 0.375. The Bertz CT molecular complexity index is 1120. The first kappa shape index (κ1) is 23.2. The Kier molecular flexibility index (Phi) is 7.36. The molecule has 3 aromatic rings. The lowest BCUT2D eigenvalue weighted by Gasteiger charge is -2.28. The number of thioether (sulfide) groups is 2. The lowest BCUT2D eigenvalue weighted by molar-refractivity contribution is -0.128. The molecule has 1 aromatic heterocycles. The SMILES string of the molecule is O=C(CSc1nnc(N2CCOCC2)n1Cc1ccccc1)N1CCSC1c1ccccc1F. The molecule has 3 heterocycles. The second kappa shape index (κ2) is 10.8. The number of rotatable bonds is 7. The van der Waals surface area contributed by atoms with Crippen molar-refractivity contribution in [2.75, 3.05) is 49.3 Å². The number of nitrogens with zero attached hydrogens (tertiary/aromatic N) is 5. The molecule has 2 aliphatic heterocycles. The average molecular weight is 500 g/mol. The van der Waals surface area contributed by atoms with Gasteiger partial charge in [-0.1, -0.05) is 60.3 Å². The number of morpholine rings is 1. The number of ether oxygens (including phenoxy) is 1. The minimum atomic E-state index is -0.291. The van der Waals surface area contributed by atoms with E-state index in [1.807, 2.05) is 24.3 Å². The van der Waals surface area contributed by atoms with Crippen molar-refractivity contribution in [2.24, 2.45) is 0 Å². The van der Waals surface area contributed by atoms with Gasteiger partial charge in [-0.15, -0.1) is 22.0 Å². The maximum atomic E-state index is 14.4. The first-order valence-electron chi connectivity index (χ1n) is 11.3. The molecule has 2 fully saturated rings. The third kappa shape index (κ3) is 5.08. The second-order valence-corrected chi connectivity index (χ2v) is 10.2. The zero-order chi connectivity index (χ0) is 23.3. The predicted octanol–water partition coefficient (Wildman–Crippen LogP) is 3.67. The Morgan fingerprint density at radius 3 is 2.62 bits per heavy atom. The van der Waals surface area contributed by atoms with Crippen LogP contribution < -0.4 is 4.90 Å². The van der Waals surface area contributed by atoms with Crippen molar-refractivity contribution in [1.82, 2.24) is 19.7 Å². The highest BCUT2D eigenvalue weighted by Crippen LogP contribution is 2.39. The summed E-state index contributed by atoms with van der Waals surface area (Å²) in [5.74, 6) is 1.51. The highest BCUT2D eigenvalue weighted by molar-refractivity contribution is 8.00. The zero-order valence-electron chi connectivity index (χ0n) is 18.7. The lowest BCUT2D eigenvalue weighted by atomic mass is 10.2. The number of aromatic nitrogens is 3. The number of carbonyl (C=O) groups is 1. The molecule has 1 atom stereocenters. The first-order valence-corrected chi connectivity index (χ1v) is 13.3. The van der Waals surface area contributed by atoms with Crippen molar-refractivity contribution in [2.45, 2.75) is 17.1 Å². The number of carbonyl (C=O) groups excluding carboxylic acids is 1. The van der Waals surface area contributed by atoms with Crippen molar-refractivity contribution in [3.05, 3.63) is 71.5 Å². The molecule has 2 aromatic carbocycles. The van der Waals surface area contributed by atoms with E-state index >= 15 is 0 Å². The first-order chi connectivity index (χ1) is 16.7. The molecular weight excluding hydrogens is 473 g/mol. The van der Waals surface area contributed by atoms with Gasteiger partial charge in [-0.3, -0.25) is 9.36 Å². The molecule has 0 spiro atoms. The molecule has 0 aliphatic carbocycles. The Labute approximate surface area is 206 Å². The van der Waals surface area contributed by atoms with Crippen LogP contribution in [-0.4, -0.2) is 69.9 Å². The van der Waals surface area contributed by atoms with Crippen LogP contribution in [0.3, 0.4) is 0 Å². The zero-order valence-corrected chi connectivity index (χ0v) is 20.3. The lowest BCUT2D eigenvalue weighted by Crippen LogP contribution is -2.38. The van der Waals surface area contributed by atoms with Crippen LogP contribution in [0.25, 0.3) is 0 Å². The van der Waals surface area contributed by atoms with Crippen molar-refractivity contribution < 1.29 is 13.9 Å². The predicted molar refractivity (Wildman–Crippen MR) is 133 cm³/mol. The van der Waals surface area contributed by atoms with Crippen LogP contribution in [0.4, 0.5) is 10.3 Å². The van der Waals surface area contributed by atoms with Crippen LogP contribution in [0, 0.1) is 5.82 Å². The van der Waals surface area contributed by atoms with Crippen LogP contribution in [0.1, 0.15) is 16.5 Å². The van der Waals surface area contributed by atoms with E-state index in [-0.39, 0.29) is 22.9 Å². The van der Waals surface area contributed by atoms with Gasteiger partial charge in [0.15, 0.2) is 5.16 Å². The van der Waals surface area contributed by atoms with E-state index in [9.17, 15) is 9.18 Å². The molecule has 10 heteroatoms. The Morgan fingerprint density at radius 2 is 1.82 bits per heavy atom. The average Bonchev–Trinajstić information content (AvgIpc) is 3.52. The number of benzene rings is 2. The Morgan fingerprint density at radius 1 is 1.06 bits per heavy atom. The highest BCUT2D eigenvalue weighted by Gasteiger charge is 2.32. The van der Waals surface area contributed by atoms with Gasteiger partial charge in [-0.25, -0.2) is 4.39 Å². The Hall–Kier alpha value is -2.56. The normalized spacial score (nSPS) is 18.4. The van der Waals surface area contributed by atoms with Crippen LogP contribution in [0.5, 0.6) is 0 Å². The summed E-state index contributed by atoms with van der Waals surface area (Å²) in [6.45, 7) is 4.05. The largest absolute Gasteiger partial charge is 0.378 e. The van der Waals surface area contributed by atoms with Gasteiger partial charge >= 0.3 is 0 Å². The standard InChI is InChI=1S/C24H26FN5O2S2/c25-20-9-5-4-8-19(20)22-29(12-15-33-22)21(31)17-34-24-27-26-23(28-10-13-32-14-11-28)30(24)16-18-6-2-1-3-7-18/h1-9,22H,10-17H2. The number of amides is 1. The number of hydrogen-bond acceptors (Lipinski definition) is 7. The van der Waals surface area contributed by atoms with Crippen molar-refractivity contribution in [3.63, 3.8) is 0 Å². The molecule has 2 aliphatic rings. The third-order valence-corrected chi connectivity index (χ3v) is 8.08. The van der Waals surface area contributed by atoms with E-state index in [2.05, 4.69) is 31.8 Å². The summed E-state index contributed by atoms with van der Waals surface area (Å²) in [5.41, 5.74) is 1.70. The highest BCUT2D eigenvalue weighted by atomic mass is 32.2. The molecule has 2 saturated heterocycles. The summed E-state index contributed by atoms with van der Waals surface area (Å²) < 4.78 is 21.9. The minimum Gasteiger partial charge on any atom is -0.378 e. The van der Waals surface area contributed by atoms with Gasteiger partial charge in [0, 0.05) is 31.0 Å². The monoisotopic (exact) mass is 499 g/mol. The van der Waals surface area contributed by atoms with E-state index < -0.39 is 0 Å². The van der Waals surface area contributed by atoms with Gasteiger partial charge in [0.05, 0.1) is 25.5 Å². The molecule has 5 rings (SSSR count). The van der Waals surface area contributed by atoms with Gasteiger partial charge in [0.2, 0.25) is 11.9 Å². The molecule has 0 saturated carbocycles. The summed E-state index contributed by atoms with van der Waals surface area (Å²) in [6.07, 6.45) is 0. The number of hydrogen-bond donors (Lipinski definition) is 0. The van der Waals surface area contributed by atoms with Gasteiger partial charge in [0.1, 0.15) is 11.2 Å². The summed E-state index contributed by atoms with van der Waals surface area (Å²) in [5, 5.41) is 9.31.